The van der Waals surface area contributed by atoms with Crippen molar-refractivity contribution in [3.8, 4) is 0 Å². The number of hydrogen-bond donors (Lipinski definition) is 1. The van der Waals surface area contributed by atoms with Crippen LogP contribution in [0.5, 0.6) is 0 Å². The predicted octanol–water partition coefficient (Wildman–Crippen LogP) is 1.75. The fraction of sp³-hybridized carbons (Fsp3) is 1.00. The van der Waals surface area contributed by atoms with E-state index < -0.39 is 10.0 Å². The zero-order chi connectivity index (χ0) is 9.90. The summed E-state index contributed by atoms with van der Waals surface area (Å²) in [7, 11) is -3.01. The lowest BCUT2D eigenvalue weighted by Gasteiger charge is -2.28. The van der Waals surface area contributed by atoms with Crippen molar-refractivity contribution in [1.29, 1.82) is 0 Å². The average Bonchev–Trinajstić information content (AvgIpc) is 2.01. The summed E-state index contributed by atoms with van der Waals surface area (Å²) >= 11 is 0. The average molecular weight is 207 g/mol. The standard InChI is InChI=1S/C9H19NO2S.H2/c1-3-8-5-4-6-9(7-8)10-13(2,11)12;/h8-10H,3-7H2,1-2H3;1H/t8-,9+;/m0./s1. The normalized spacial score (nSPS) is 30.3. The van der Waals surface area contributed by atoms with Crippen LogP contribution in [0, 0.1) is 5.92 Å². The molecule has 4 heteroatoms. The van der Waals surface area contributed by atoms with Crippen LogP contribution in [0.3, 0.4) is 0 Å². The Morgan fingerprint density at radius 3 is 2.69 bits per heavy atom. The van der Waals surface area contributed by atoms with Crippen LogP contribution in [0.4, 0.5) is 0 Å². The Kier molecular flexibility index (Phi) is 3.74. The van der Waals surface area contributed by atoms with Gasteiger partial charge in [0.25, 0.3) is 0 Å². The molecule has 1 saturated carbocycles. The first-order valence-corrected chi connectivity index (χ1v) is 6.87. The van der Waals surface area contributed by atoms with Gasteiger partial charge in [-0.05, 0) is 18.8 Å². The zero-order valence-corrected chi connectivity index (χ0v) is 9.23. The van der Waals surface area contributed by atoms with Gasteiger partial charge in [0.05, 0.1) is 6.26 Å². The van der Waals surface area contributed by atoms with Crippen LogP contribution in [0.2, 0.25) is 0 Å². The molecule has 80 valence electrons. The second-order valence-corrected chi connectivity index (χ2v) is 5.81. The van der Waals surface area contributed by atoms with Crippen LogP contribution >= 0.6 is 0 Å². The van der Waals surface area contributed by atoms with Gasteiger partial charge in [0.15, 0.2) is 0 Å². The molecule has 0 aromatic heterocycles. The van der Waals surface area contributed by atoms with Gasteiger partial charge in [-0.25, -0.2) is 13.1 Å². The van der Waals surface area contributed by atoms with Crippen molar-refractivity contribution in [3.63, 3.8) is 0 Å². The summed E-state index contributed by atoms with van der Waals surface area (Å²) in [4.78, 5) is 0. The SMILES string of the molecule is CC[C@H]1CCC[C@@H](NS(C)(=O)=O)C1.[HH]. The third-order valence-electron chi connectivity index (χ3n) is 2.74. The van der Waals surface area contributed by atoms with Crippen LogP contribution < -0.4 is 4.72 Å². The first kappa shape index (κ1) is 11.0. The Hall–Kier alpha value is -0.0900. The van der Waals surface area contributed by atoms with E-state index in [0.717, 1.165) is 19.3 Å². The molecule has 0 aliphatic heterocycles. The van der Waals surface area contributed by atoms with Crippen molar-refractivity contribution in [2.45, 2.75) is 45.1 Å². The van der Waals surface area contributed by atoms with Gasteiger partial charge in [-0.15, -0.1) is 0 Å². The van der Waals surface area contributed by atoms with E-state index in [-0.39, 0.29) is 7.47 Å². The summed E-state index contributed by atoms with van der Waals surface area (Å²) in [5, 5.41) is 0. The van der Waals surface area contributed by atoms with Gasteiger partial charge in [-0.1, -0.05) is 26.2 Å². The molecule has 0 aromatic carbocycles. The molecule has 1 fully saturated rings. The van der Waals surface area contributed by atoms with Crippen molar-refractivity contribution in [2.75, 3.05) is 6.26 Å². The molecular weight excluding hydrogens is 186 g/mol. The Morgan fingerprint density at radius 1 is 1.46 bits per heavy atom. The molecule has 0 aromatic rings. The Balaban J connectivity index is 0.00000169. The lowest BCUT2D eigenvalue weighted by atomic mass is 9.85. The summed E-state index contributed by atoms with van der Waals surface area (Å²) in [5.41, 5.74) is 0. The largest absolute Gasteiger partial charge is 0.213 e. The summed E-state index contributed by atoms with van der Waals surface area (Å²) in [5.74, 6) is 0.716. The molecule has 1 N–H and O–H groups in total. The third-order valence-corrected chi connectivity index (χ3v) is 3.50. The monoisotopic (exact) mass is 207 g/mol. The second-order valence-electron chi connectivity index (χ2n) is 4.03. The van der Waals surface area contributed by atoms with Crippen molar-refractivity contribution in [3.05, 3.63) is 0 Å². The highest BCUT2D eigenvalue weighted by molar-refractivity contribution is 7.88. The lowest BCUT2D eigenvalue weighted by Crippen LogP contribution is -2.37. The minimum absolute atomic E-state index is 0. The molecule has 0 unspecified atom stereocenters. The Bertz CT molecular complexity index is 254. The first-order valence-electron chi connectivity index (χ1n) is 4.98. The highest BCUT2D eigenvalue weighted by atomic mass is 32.2. The van der Waals surface area contributed by atoms with Crippen molar-refractivity contribution in [2.24, 2.45) is 5.92 Å². The molecule has 1 rings (SSSR count). The molecule has 0 spiro atoms. The maximum absolute atomic E-state index is 11.0. The van der Waals surface area contributed by atoms with E-state index in [4.69, 9.17) is 0 Å². The van der Waals surface area contributed by atoms with Crippen molar-refractivity contribution < 1.29 is 9.84 Å². The molecular formula is C9H21NO2S. The number of rotatable bonds is 3. The molecule has 2 atom stereocenters. The second kappa shape index (κ2) is 4.42. The minimum atomic E-state index is -3.01. The third kappa shape index (κ3) is 4.09. The molecule has 0 radical (unpaired) electrons. The van der Waals surface area contributed by atoms with E-state index in [2.05, 4.69) is 11.6 Å². The van der Waals surface area contributed by atoms with E-state index in [0.29, 0.717) is 5.92 Å². The zero-order valence-electron chi connectivity index (χ0n) is 8.41. The van der Waals surface area contributed by atoms with Gasteiger partial charge in [0.1, 0.15) is 0 Å². The molecule has 3 nitrogen and oxygen atoms in total. The number of sulfonamides is 1. The highest BCUT2D eigenvalue weighted by Crippen LogP contribution is 2.26. The van der Waals surface area contributed by atoms with Gasteiger partial charge in [-0.3, -0.25) is 0 Å². The predicted molar refractivity (Wildman–Crippen MR) is 56.1 cm³/mol. The molecule has 0 bridgehead atoms. The van der Waals surface area contributed by atoms with Gasteiger partial charge >= 0.3 is 0 Å². The maximum atomic E-state index is 11.0. The van der Waals surface area contributed by atoms with E-state index in [1.54, 1.807) is 0 Å². The van der Waals surface area contributed by atoms with E-state index in [1.807, 2.05) is 0 Å². The summed E-state index contributed by atoms with van der Waals surface area (Å²) in [6.45, 7) is 2.17. The Labute approximate surface area is 82.4 Å². The van der Waals surface area contributed by atoms with Crippen molar-refractivity contribution >= 4 is 10.0 Å². The van der Waals surface area contributed by atoms with Gasteiger partial charge in [-0.2, -0.15) is 0 Å². The molecule has 1 aliphatic carbocycles. The first-order chi connectivity index (χ1) is 6.01. The summed E-state index contributed by atoms with van der Waals surface area (Å²) in [6, 6.07) is 0.189. The van der Waals surface area contributed by atoms with Gasteiger partial charge in [0, 0.05) is 7.47 Å². The maximum Gasteiger partial charge on any atom is 0.208 e. The molecule has 0 amide bonds. The van der Waals surface area contributed by atoms with Crippen LogP contribution in [0.15, 0.2) is 0 Å². The van der Waals surface area contributed by atoms with E-state index >= 15 is 0 Å². The number of hydrogen-bond acceptors (Lipinski definition) is 2. The molecule has 0 saturated heterocycles. The molecule has 0 heterocycles. The summed E-state index contributed by atoms with van der Waals surface area (Å²) < 4.78 is 24.7. The van der Waals surface area contributed by atoms with E-state index in [1.165, 1.54) is 19.1 Å². The van der Waals surface area contributed by atoms with Crippen molar-refractivity contribution in [1.82, 2.24) is 4.72 Å². The lowest BCUT2D eigenvalue weighted by molar-refractivity contribution is 0.301. The minimum Gasteiger partial charge on any atom is -0.213 e. The van der Waals surface area contributed by atoms with Crippen LogP contribution in [0.1, 0.15) is 40.5 Å². The molecule has 13 heavy (non-hydrogen) atoms. The quantitative estimate of drug-likeness (QED) is 0.766. The van der Waals surface area contributed by atoms with Gasteiger partial charge < -0.3 is 0 Å². The number of nitrogens with one attached hydrogen (secondary N) is 1. The summed E-state index contributed by atoms with van der Waals surface area (Å²) in [6.07, 6.45) is 6.85. The van der Waals surface area contributed by atoms with Gasteiger partial charge in [0.2, 0.25) is 10.0 Å². The Morgan fingerprint density at radius 2 is 2.15 bits per heavy atom. The topological polar surface area (TPSA) is 46.2 Å². The fourth-order valence-corrected chi connectivity index (χ4v) is 2.89. The smallest absolute Gasteiger partial charge is 0.208 e. The van der Waals surface area contributed by atoms with E-state index in [9.17, 15) is 8.42 Å². The highest BCUT2D eigenvalue weighted by Gasteiger charge is 2.22. The van der Waals surface area contributed by atoms with Crippen LogP contribution in [0.25, 0.3) is 0 Å². The van der Waals surface area contributed by atoms with Crippen LogP contribution in [-0.4, -0.2) is 20.7 Å². The fourth-order valence-electron chi connectivity index (χ4n) is 2.07. The van der Waals surface area contributed by atoms with Crippen LogP contribution in [-0.2, 0) is 10.0 Å². The molecule has 1 aliphatic rings.